The fourth-order valence-corrected chi connectivity index (χ4v) is 1.58. The molecular weight excluding hydrogens is 166 g/mol. The summed E-state index contributed by atoms with van der Waals surface area (Å²) in [4.78, 5) is 14.7. The third kappa shape index (κ3) is 3.32. The zero-order valence-electron chi connectivity index (χ0n) is 8.42. The number of nitrogens with zero attached hydrogens (tertiary/aromatic N) is 2. The van der Waals surface area contributed by atoms with Crippen LogP contribution in [0.3, 0.4) is 0 Å². The molecule has 0 aliphatic carbocycles. The van der Waals surface area contributed by atoms with E-state index in [2.05, 4.69) is 29.1 Å². The van der Waals surface area contributed by atoms with Crippen molar-refractivity contribution < 1.29 is 4.79 Å². The molecule has 1 N–H and O–H groups in total. The van der Waals surface area contributed by atoms with E-state index in [1.54, 1.807) is 6.41 Å². The van der Waals surface area contributed by atoms with Crippen LogP contribution in [0, 0.1) is 0 Å². The summed E-state index contributed by atoms with van der Waals surface area (Å²) in [6.45, 7) is 7.27. The molecule has 1 aliphatic rings. The van der Waals surface area contributed by atoms with E-state index >= 15 is 0 Å². The minimum atomic E-state index is 0.426. The van der Waals surface area contributed by atoms with E-state index < -0.39 is 0 Å². The fourth-order valence-electron chi connectivity index (χ4n) is 1.58. The maximum Gasteiger partial charge on any atom is 0.309 e. The zero-order chi connectivity index (χ0) is 9.68. The van der Waals surface area contributed by atoms with Gasteiger partial charge >= 0.3 is 6.41 Å². The lowest BCUT2D eigenvalue weighted by Crippen LogP contribution is -2.50. The van der Waals surface area contributed by atoms with Gasteiger partial charge in [0, 0.05) is 38.8 Å². The van der Waals surface area contributed by atoms with Gasteiger partial charge in [-0.3, -0.25) is 9.69 Å². The van der Waals surface area contributed by atoms with Crippen molar-refractivity contribution in [1.82, 2.24) is 15.1 Å². The molecular formula is C9H18N3O. The highest BCUT2D eigenvalue weighted by Gasteiger charge is 2.18. The highest BCUT2D eigenvalue weighted by atomic mass is 16.1. The normalized spacial score (nSPS) is 22.6. The molecule has 1 rings (SSSR count). The lowest BCUT2D eigenvalue weighted by atomic mass is 10.2. The molecule has 75 valence electrons. The monoisotopic (exact) mass is 184 g/mol. The summed E-state index contributed by atoms with van der Waals surface area (Å²) in [6, 6.07) is 0.426. The van der Waals surface area contributed by atoms with Crippen molar-refractivity contribution >= 4 is 6.41 Å². The smallest absolute Gasteiger partial charge is 0.309 e. The number of nitrogens with one attached hydrogen (secondary N) is 1. The molecule has 4 nitrogen and oxygen atoms in total. The molecule has 1 heterocycles. The average Bonchev–Trinajstić information content (AvgIpc) is 2.15. The number of rotatable bonds is 4. The summed E-state index contributed by atoms with van der Waals surface area (Å²) in [5.41, 5.74) is 0. The molecule has 0 aromatic heterocycles. The largest absolute Gasteiger partial charge is 0.346 e. The Kier molecular flexibility index (Phi) is 4.18. The van der Waals surface area contributed by atoms with Crippen LogP contribution in [0.1, 0.15) is 6.92 Å². The maximum atomic E-state index is 9.98. The number of piperazine rings is 1. The summed E-state index contributed by atoms with van der Waals surface area (Å²) in [5.74, 6) is 0. The molecule has 1 aliphatic heterocycles. The molecule has 1 atom stereocenters. The van der Waals surface area contributed by atoms with E-state index in [4.69, 9.17) is 0 Å². The van der Waals surface area contributed by atoms with E-state index in [0.29, 0.717) is 12.6 Å². The van der Waals surface area contributed by atoms with E-state index in [-0.39, 0.29) is 0 Å². The summed E-state index contributed by atoms with van der Waals surface area (Å²) in [5, 5.41) is 2.60. The predicted octanol–water partition coefficient (Wildman–Crippen LogP) is -0.721. The van der Waals surface area contributed by atoms with E-state index in [0.717, 1.165) is 26.2 Å². The van der Waals surface area contributed by atoms with Gasteiger partial charge in [-0.2, -0.15) is 0 Å². The third-order valence-electron chi connectivity index (χ3n) is 2.63. The number of amides is 1. The molecule has 1 amide bonds. The molecule has 0 spiro atoms. The van der Waals surface area contributed by atoms with Gasteiger partial charge in [0.2, 0.25) is 0 Å². The maximum absolute atomic E-state index is 9.98. The van der Waals surface area contributed by atoms with Gasteiger partial charge in [-0.05, 0) is 14.0 Å². The standard InChI is InChI=1S/C9H18N3O/c1-9(7-10-8-13)12-5-3-11(2)4-6-12/h9H,3-7H2,1-2H3,(H,10,13). The van der Waals surface area contributed by atoms with Crippen LogP contribution < -0.4 is 5.32 Å². The summed E-state index contributed by atoms with van der Waals surface area (Å²) >= 11 is 0. The highest BCUT2D eigenvalue weighted by Crippen LogP contribution is 2.03. The minimum absolute atomic E-state index is 0.426. The molecule has 1 radical (unpaired) electrons. The van der Waals surface area contributed by atoms with Gasteiger partial charge in [0.1, 0.15) is 0 Å². The molecule has 1 fully saturated rings. The second-order valence-electron chi connectivity index (χ2n) is 3.67. The molecule has 0 aromatic carbocycles. The van der Waals surface area contributed by atoms with Gasteiger partial charge in [0.15, 0.2) is 0 Å². The fraction of sp³-hybridized carbons (Fsp3) is 0.889. The number of hydrogen-bond donors (Lipinski definition) is 1. The Morgan fingerprint density at radius 2 is 2.00 bits per heavy atom. The first-order valence-corrected chi connectivity index (χ1v) is 4.76. The Morgan fingerprint density at radius 1 is 1.38 bits per heavy atom. The van der Waals surface area contributed by atoms with Crippen LogP contribution in [0.2, 0.25) is 0 Å². The van der Waals surface area contributed by atoms with Crippen molar-refractivity contribution in [3.05, 3.63) is 0 Å². The number of hydrogen-bond acceptors (Lipinski definition) is 3. The van der Waals surface area contributed by atoms with Gasteiger partial charge in [-0.1, -0.05) is 0 Å². The third-order valence-corrected chi connectivity index (χ3v) is 2.63. The van der Waals surface area contributed by atoms with E-state index in [1.165, 1.54) is 0 Å². The Balaban J connectivity index is 2.22. The van der Waals surface area contributed by atoms with Crippen molar-refractivity contribution in [2.75, 3.05) is 39.8 Å². The first kappa shape index (κ1) is 10.5. The molecule has 4 heteroatoms. The molecule has 0 saturated carbocycles. The number of carbonyl (C=O) groups excluding carboxylic acids is 1. The second kappa shape index (κ2) is 5.19. The van der Waals surface area contributed by atoms with Crippen LogP contribution in [0.4, 0.5) is 0 Å². The average molecular weight is 184 g/mol. The first-order valence-electron chi connectivity index (χ1n) is 4.76. The summed E-state index contributed by atoms with van der Waals surface area (Å²) in [7, 11) is 2.14. The van der Waals surface area contributed by atoms with Crippen LogP contribution >= 0.6 is 0 Å². The Hall–Kier alpha value is -0.610. The van der Waals surface area contributed by atoms with Gasteiger partial charge in [-0.25, -0.2) is 0 Å². The van der Waals surface area contributed by atoms with Crippen LogP contribution in [0.5, 0.6) is 0 Å². The first-order chi connectivity index (χ1) is 6.24. The Labute approximate surface area is 79.9 Å². The Morgan fingerprint density at radius 3 is 2.54 bits per heavy atom. The molecule has 13 heavy (non-hydrogen) atoms. The lowest BCUT2D eigenvalue weighted by Gasteiger charge is -2.36. The summed E-state index contributed by atoms with van der Waals surface area (Å²) < 4.78 is 0. The van der Waals surface area contributed by atoms with Gasteiger partial charge in [0.25, 0.3) is 0 Å². The van der Waals surface area contributed by atoms with Crippen molar-refractivity contribution in [2.24, 2.45) is 0 Å². The quantitative estimate of drug-likeness (QED) is 0.586. The molecule has 0 aromatic rings. The van der Waals surface area contributed by atoms with Gasteiger partial charge < -0.3 is 10.2 Å². The minimum Gasteiger partial charge on any atom is -0.346 e. The lowest BCUT2D eigenvalue weighted by molar-refractivity contribution is 0.120. The SMILES string of the molecule is CC(CN[C]=O)N1CCN(C)CC1. The Bertz CT molecular complexity index is 155. The van der Waals surface area contributed by atoms with Crippen LogP contribution in [-0.2, 0) is 4.79 Å². The van der Waals surface area contributed by atoms with E-state index in [1.807, 2.05) is 0 Å². The second-order valence-corrected chi connectivity index (χ2v) is 3.67. The molecule has 1 saturated heterocycles. The number of likely N-dealkylation sites (N-methyl/N-ethyl adjacent to an activating group) is 1. The van der Waals surface area contributed by atoms with Crippen molar-refractivity contribution in [3.8, 4) is 0 Å². The zero-order valence-corrected chi connectivity index (χ0v) is 8.42. The van der Waals surface area contributed by atoms with Crippen molar-refractivity contribution in [3.63, 3.8) is 0 Å². The van der Waals surface area contributed by atoms with Gasteiger partial charge in [-0.15, -0.1) is 0 Å². The highest BCUT2D eigenvalue weighted by molar-refractivity contribution is 5.46. The van der Waals surface area contributed by atoms with E-state index in [9.17, 15) is 4.79 Å². The molecule has 0 bridgehead atoms. The van der Waals surface area contributed by atoms with Crippen LogP contribution in [-0.4, -0.2) is 62.0 Å². The topological polar surface area (TPSA) is 35.6 Å². The molecule has 1 unspecified atom stereocenters. The van der Waals surface area contributed by atoms with Crippen molar-refractivity contribution in [1.29, 1.82) is 0 Å². The summed E-state index contributed by atoms with van der Waals surface area (Å²) in [6.07, 6.45) is 1.71. The van der Waals surface area contributed by atoms with Gasteiger partial charge in [0.05, 0.1) is 0 Å². The predicted molar refractivity (Wildman–Crippen MR) is 52.2 cm³/mol. The van der Waals surface area contributed by atoms with Crippen LogP contribution in [0.25, 0.3) is 0 Å². The van der Waals surface area contributed by atoms with Crippen LogP contribution in [0.15, 0.2) is 0 Å². The van der Waals surface area contributed by atoms with Crippen molar-refractivity contribution in [2.45, 2.75) is 13.0 Å².